The van der Waals surface area contributed by atoms with Gasteiger partial charge in [0.1, 0.15) is 11.6 Å². The van der Waals surface area contributed by atoms with Crippen LogP contribution in [-0.2, 0) is 5.41 Å². The van der Waals surface area contributed by atoms with Gasteiger partial charge < -0.3 is 5.73 Å². The third kappa shape index (κ3) is 2.84. The van der Waals surface area contributed by atoms with Crippen molar-refractivity contribution in [2.24, 2.45) is 5.73 Å². The van der Waals surface area contributed by atoms with Crippen LogP contribution in [0.2, 0.25) is 0 Å². The molecule has 112 valence electrons. The zero-order valence-electron chi connectivity index (χ0n) is 12.4. The molecular weight excluding hydrogens is 268 g/mol. The molecule has 2 N–H and O–H groups in total. The van der Waals surface area contributed by atoms with Crippen molar-refractivity contribution in [3.05, 3.63) is 71.3 Å². The average Bonchev–Trinajstić information content (AvgIpc) is 2.50. The first-order chi connectivity index (χ1) is 10.0. The highest BCUT2D eigenvalue weighted by atomic mass is 19.1. The molecule has 0 saturated carbocycles. The van der Waals surface area contributed by atoms with E-state index in [1.54, 1.807) is 0 Å². The first-order valence-corrected chi connectivity index (χ1v) is 7.31. The third-order valence-electron chi connectivity index (χ3n) is 4.50. The molecule has 0 spiro atoms. The predicted molar refractivity (Wildman–Crippen MR) is 82.0 cm³/mol. The van der Waals surface area contributed by atoms with Crippen LogP contribution in [-0.4, -0.2) is 0 Å². The molecular formula is C18H21F2N. The highest BCUT2D eigenvalue weighted by molar-refractivity contribution is 5.33. The molecule has 1 nitrogen and oxygen atoms in total. The molecule has 0 aliphatic heterocycles. The SMILES string of the molecule is CCC(CC)(c1ccccc1)C(N)c1ccc(F)cc1F. The minimum absolute atomic E-state index is 0.361. The molecule has 1 atom stereocenters. The van der Waals surface area contributed by atoms with Crippen LogP contribution < -0.4 is 5.73 Å². The van der Waals surface area contributed by atoms with Crippen LogP contribution in [0.3, 0.4) is 0 Å². The Labute approximate surface area is 124 Å². The van der Waals surface area contributed by atoms with Gasteiger partial charge in [-0.05, 0) is 24.5 Å². The second kappa shape index (κ2) is 6.35. The van der Waals surface area contributed by atoms with Crippen molar-refractivity contribution < 1.29 is 8.78 Å². The van der Waals surface area contributed by atoms with E-state index in [0.29, 0.717) is 5.56 Å². The monoisotopic (exact) mass is 289 g/mol. The standard InChI is InChI=1S/C18H21F2N/c1-3-18(4-2,13-8-6-5-7-9-13)17(21)15-11-10-14(19)12-16(15)20/h5-12,17H,3-4,21H2,1-2H3. The van der Waals surface area contributed by atoms with Crippen molar-refractivity contribution in [2.75, 3.05) is 0 Å². The van der Waals surface area contributed by atoms with Gasteiger partial charge in [-0.1, -0.05) is 50.2 Å². The van der Waals surface area contributed by atoms with E-state index in [2.05, 4.69) is 13.8 Å². The van der Waals surface area contributed by atoms with Gasteiger partial charge in [-0.3, -0.25) is 0 Å². The van der Waals surface area contributed by atoms with Crippen LogP contribution in [0.1, 0.15) is 43.9 Å². The van der Waals surface area contributed by atoms with Crippen molar-refractivity contribution in [3.63, 3.8) is 0 Å². The van der Waals surface area contributed by atoms with Crippen LogP contribution in [0.4, 0.5) is 8.78 Å². The van der Waals surface area contributed by atoms with E-state index in [-0.39, 0.29) is 5.41 Å². The van der Waals surface area contributed by atoms with E-state index >= 15 is 0 Å². The second-order valence-electron chi connectivity index (χ2n) is 5.37. The first-order valence-electron chi connectivity index (χ1n) is 7.31. The fraction of sp³-hybridized carbons (Fsp3) is 0.333. The molecule has 2 aromatic carbocycles. The number of benzene rings is 2. The van der Waals surface area contributed by atoms with Gasteiger partial charge in [0.25, 0.3) is 0 Å². The maximum Gasteiger partial charge on any atom is 0.130 e. The van der Waals surface area contributed by atoms with Gasteiger partial charge in [0.2, 0.25) is 0 Å². The van der Waals surface area contributed by atoms with Crippen molar-refractivity contribution >= 4 is 0 Å². The highest BCUT2D eigenvalue weighted by Gasteiger charge is 2.37. The van der Waals surface area contributed by atoms with Gasteiger partial charge in [0.05, 0.1) is 0 Å². The van der Waals surface area contributed by atoms with Gasteiger partial charge in [-0.2, -0.15) is 0 Å². The maximum atomic E-state index is 14.1. The number of rotatable bonds is 5. The van der Waals surface area contributed by atoms with E-state index in [1.165, 1.54) is 12.1 Å². The molecule has 0 amide bonds. The van der Waals surface area contributed by atoms with Crippen LogP contribution >= 0.6 is 0 Å². The second-order valence-corrected chi connectivity index (χ2v) is 5.37. The fourth-order valence-electron chi connectivity index (χ4n) is 3.10. The summed E-state index contributed by atoms with van der Waals surface area (Å²) in [6.07, 6.45) is 1.57. The van der Waals surface area contributed by atoms with E-state index in [0.717, 1.165) is 24.5 Å². The van der Waals surface area contributed by atoms with Crippen LogP contribution in [0, 0.1) is 11.6 Å². The molecule has 2 aromatic rings. The van der Waals surface area contributed by atoms with E-state index < -0.39 is 17.7 Å². The third-order valence-corrected chi connectivity index (χ3v) is 4.50. The lowest BCUT2D eigenvalue weighted by Gasteiger charge is -2.38. The molecule has 21 heavy (non-hydrogen) atoms. The summed E-state index contributed by atoms with van der Waals surface area (Å²) >= 11 is 0. The van der Waals surface area contributed by atoms with Crippen molar-refractivity contribution in [1.29, 1.82) is 0 Å². The Balaban J connectivity index is 2.52. The molecule has 2 rings (SSSR count). The zero-order valence-corrected chi connectivity index (χ0v) is 12.4. The van der Waals surface area contributed by atoms with Crippen LogP contribution in [0.5, 0.6) is 0 Å². The largest absolute Gasteiger partial charge is 0.323 e. The summed E-state index contributed by atoms with van der Waals surface area (Å²) in [5.41, 5.74) is 7.51. The molecule has 0 aliphatic rings. The summed E-state index contributed by atoms with van der Waals surface area (Å²) in [6, 6.07) is 13.0. The normalized spacial score (nSPS) is 13.2. The Morgan fingerprint density at radius 2 is 1.62 bits per heavy atom. The Morgan fingerprint density at radius 3 is 2.14 bits per heavy atom. The van der Waals surface area contributed by atoms with Crippen molar-refractivity contribution in [1.82, 2.24) is 0 Å². The summed E-state index contributed by atoms with van der Waals surface area (Å²) in [5, 5.41) is 0. The van der Waals surface area contributed by atoms with Gasteiger partial charge in [0, 0.05) is 23.1 Å². The summed E-state index contributed by atoms with van der Waals surface area (Å²) < 4.78 is 27.2. The molecule has 0 aromatic heterocycles. The van der Waals surface area contributed by atoms with Gasteiger partial charge in [-0.25, -0.2) is 8.78 Å². The summed E-state index contributed by atoms with van der Waals surface area (Å²) in [6.45, 7) is 4.11. The lowest BCUT2D eigenvalue weighted by molar-refractivity contribution is 0.315. The van der Waals surface area contributed by atoms with Crippen molar-refractivity contribution in [3.8, 4) is 0 Å². The quantitative estimate of drug-likeness (QED) is 0.846. The van der Waals surface area contributed by atoms with Crippen LogP contribution in [0.15, 0.2) is 48.5 Å². The summed E-state index contributed by atoms with van der Waals surface area (Å²) in [4.78, 5) is 0. The predicted octanol–water partition coefficient (Wildman–Crippen LogP) is 4.72. The summed E-state index contributed by atoms with van der Waals surface area (Å²) in [5.74, 6) is -1.16. The maximum absolute atomic E-state index is 14.1. The Morgan fingerprint density at radius 1 is 1.00 bits per heavy atom. The Hall–Kier alpha value is -1.74. The minimum atomic E-state index is -0.582. The van der Waals surface area contributed by atoms with Gasteiger partial charge in [0.15, 0.2) is 0 Å². The smallest absolute Gasteiger partial charge is 0.130 e. The molecule has 0 saturated heterocycles. The number of hydrogen-bond acceptors (Lipinski definition) is 1. The van der Waals surface area contributed by atoms with Gasteiger partial charge >= 0.3 is 0 Å². The highest BCUT2D eigenvalue weighted by Crippen LogP contribution is 2.42. The molecule has 0 heterocycles. The molecule has 0 fully saturated rings. The Bertz CT molecular complexity index is 591. The zero-order chi connectivity index (χ0) is 15.5. The average molecular weight is 289 g/mol. The Kier molecular flexibility index (Phi) is 4.73. The molecule has 0 bridgehead atoms. The summed E-state index contributed by atoms with van der Waals surface area (Å²) in [7, 11) is 0. The lowest BCUT2D eigenvalue weighted by Crippen LogP contribution is -2.38. The van der Waals surface area contributed by atoms with Crippen molar-refractivity contribution in [2.45, 2.75) is 38.1 Å². The van der Waals surface area contributed by atoms with E-state index in [4.69, 9.17) is 5.73 Å². The number of hydrogen-bond donors (Lipinski definition) is 1. The first kappa shape index (κ1) is 15.6. The number of halogens is 2. The molecule has 0 radical (unpaired) electrons. The molecule has 1 unspecified atom stereocenters. The molecule has 3 heteroatoms. The minimum Gasteiger partial charge on any atom is -0.323 e. The van der Waals surface area contributed by atoms with E-state index in [9.17, 15) is 8.78 Å². The fourth-order valence-corrected chi connectivity index (χ4v) is 3.10. The molecule has 0 aliphatic carbocycles. The topological polar surface area (TPSA) is 26.0 Å². The number of nitrogens with two attached hydrogens (primary N) is 1. The van der Waals surface area contributed by atoms with E-state index in [1.807, 2.05) is 30.3 Å². The van der Waals surface area contributed by atoms with Gasteiger partial charge in [-0.15, -0.1) is 0 Å². The van der Waals surface area contributed by atoms with Crippen LogP contribution in [0.25, 0.3) is 0 Å². The lowest BCUT2D eigenvalue weighted by atomic mass is 9.68.